The minimum Gasteiger partial charge on any atom is -0.387 e. The molecule has 0 bridgehead atoms. The Labute approximate surface area is 102 Å². The maximum atomic E-state index is 4.16. The molecule has 2 rings (SSSR count). The van der Waals surface area contributed by atoms with Crippen molar-refractivity contribution in [3.8, 4) is 0 Å². The van der Waals surface area contributed by atoms with Gasteiger partial charge in [0, 0.05) is 13.6 Å². The van der Waals surface area contributed by atoms with Crippen LogP contribution < -0.4 is 10.6 Å². The van der Waals surface area contributed by atoms with Crippen molar-refractivity contribution in [3.05, 3.63) is 53.9 Å². The van der Waals surface area contributed by atoms with Crippen molar-refractivity contribution in [2.24, 2.45) is 0 Å². The van der Waals surface area contributed by atoms with Crippen LogP contribution in [-0.2, 0) is 6.54 Å². The molecule has 3 nitrogen and oxygen atoms in total. The number of nitrogens with one attached hydrogen (secondary N) is 2. The van der Waals surface area contributed by atoms with Crippen LogP contribution in [0.4, 0.5) is 11.4 Å². The first-order chi connectivity index (χ1) is 8.28. The Bertz CT molecular complexity index is 494. The molecule has 2 N–H and O–H groups in total. The van der Waals surface area contributed by atoms with Crippen molar-refractivity contribution < 1.29 is 0 Å². The van der Waals surface area contributed by atoms with E-state index in [0.29, 0.717) is 0 Å². The second-order valence-corrected chi connectivity index (χ2v) is 4.05. The molecule has 1 heterocycles. The third kappa shape index (κ3) is 3.21. The largest absolute Gasteiger partial charge is 0.387 e. The van der Waals surface area contributed by atoms with E-state index in [2.05, 4.69) is 46.8 Å². The van der Waals surface area contributed by atoms with Crippen molar-refractivity contribution in [2.75, 3.05) is 17.7 Å². The van der Waals surface area contributed by atoms with Gasteiger partial charge in [0.1, 0.15) is 0 Å². The summed E-state index contributed by atoms with van der Waals surface area (Å²) < 4.78 is 0. The smallest absolute Gasteiger partial charge is 0.0550 e. The number of pyridine rings is 1. The first-order valence-corrected chi connectivity index (χ1v) is 5.70. The molecule has 0 aliphatic heterocycles. The normalized spacial score (nSPS) is 10.0. The van der Waals surface area contributed by atoms with Crippen molar-refractivity contribution in [1.82, 2.24) is 4.98 Å². The lowest BCUT2D eigenvalue weighted by molar-refractivity contribution is 1.13. The molecule has 0 atom stereocenters. The third-order valence-corrected chi connectivity index (χ3v) is 2.61. The zero-order valence-electron chi connectivity index (χ0n) is 10.2. The van der Waals surface area contributed by atoms with Crippen molar-refractivity contribution in [2.45, 2.75) is 13.5 Å². The summed E-state index contributed by atoms with van der Waals surface area (Å²) in [5.74, 6) is 0. The van der Waals surface area contributed by atoms with Gasteiger partial charge in [0.15, 0.2) is 0 Å². The minimum absolute atomic E-state index is 0.816. The molecule has 0 radical (unpaired) electrons. The monoisotopic (exact) mass is 227 g/mol. The van der Waals surface area contributed by atoms with Gasteiger partial charge in [0.05, 0.1) is 23.8 Å². The number of nitrogens with zero attached hydrogens (tertiary/aromatic N) is 1. The molecular formula is C14H17N3. The van der Waals surface area contributed by atoms with E-state index in [1.165, 1.54) is 11.1 Å². The predicted molar refractivity (Wildman–Crippen MR) is 72.3 cm³/mol. The SMILES string of the molecule is CNc1cncc(NCc2cccc(C)c2)c1. The van der Waals surface area contributed by atoms with E-state index in [4.69, 9.17) is 0 Å². The Balaban J connectivity index is 2.02. The highest BCUT2D eigenvalue weighted by Gasteiger charge is 1.96. The van der Waals surface area contributed by atoms with E-state index in [9.17, 15) is 0 Å². The summed E-state index contributed by atoms with van der Waals surface area (Å²) in [6.45, 7) is 2.92. The summed E-state index contributed by atoms with van der Waals surface area (Å²) in [5.41, 5.74) is 4.60. The lowest BCUT2D eigenvalue weighted by Gasteiger charge is -2.08. The van der Waals surface area contributed by atoms with Crippen LogP contribution in [0.15, 0.2) is 42.7 Å². The molecule has 0 amide bonds. The average Bonchev–Trinajstić information content (AvgIpc) is 2.37. The van der Waals surface area contributed by atoms with E-state index in [0.717, 1.165) is 17.9 Å². The molecule has 0 saturated heterocycles. The Morgan fingerprint density at radius 2 is 1.94 bits per heavy atom. The van der Waals surface area contributed by atoms with Crippen LogP contribution in [0.25, 0.3) is 0 Å². The number of aromatic nitrogens is 1. The molecule has 1 aromatic carbocycles. The number of rotatable bonds is 4. The maximum Gasteiger partial charge on any atom is 0.0550 e. The Hall–Kier alpha value is -2.03. The van der Waals surface area contributed by atoms with Crippen molar-refractivity contribution >= 4 is 11.4 Å². The molecule has 0 unspecified atom stereocenters. The van der Waals surface area contributed by atoms with Crippen molar-refractivity contribution in [3.63, 3.8) is 0 Å². The maximum absolute atomic E-state index is 4.16. The van der Waals surface area contributed by atoms with E-state index in [1.54, 1.807) is 6.20 Å². The number of hydrogen-bond donors (Lipinski definition) is 2. The lowest BCUT2D eigenvalue weighted by Crippen LogP contribution is -2.00. The highest BCUT2D eigenvalue weighted by Crippen LogP contribution is 2.13. The fourth-order valence-electron chi connectivity index (χ4n) is 1.70. The highest BCUT2D eigenvalue weighted by molar-refractivity contribution is 5.53. The van der Waals surface area contributed by atoms with Crippen LogP contribution >= 0.6 is 0 Å². The number of aryl methyl sites for hydroxylation is 1. The van der Waals surface area contributed by atoms with Gasteiger partial charge in [-0.2, -0.15) is 0 Å². The summed E-state index contributed by atoms with van der Waals surface area (Å²) in [4.78, 5) is 4.16. The van der Waals surface area contributed by atoms with Gasteiger partial charge in [-0.25, -0.2) is 0 Å². The van der Waals surface area contributed by atoms with Gasteiger partial charge < -0.3 is 10.6 Å². The third-order valence-electron chi connectivity index (χ3n) is 2.61. The quantitative estimate of drug-likeness (QED) is 0.843. The molecule has 2 aromatic rings. The second kappa shape index (κ2) is 5.34. The highest BCUT2D eigenvalue weighted by atomic mass is 14.9. The molecule has 0 aliphatic carbocycles. The molecule has 0 spiro atoms. The van der Waals surface area contributed by atoms with Gasteiger partial charge in [0.2, 0.25) is 0 Å². The second-order valence-electron chi connectivity index (χ2n) is 4.05. The van der Waals surface area contributed by atoms with Gasteiger partial charge in [-0.3, -0.25) is 4.98 Å². The number of benzene rings is 1. The topological polar surface area (TPSA) is 37.0 Å². The van der Waals surface area contributed by atoms with Crippen LogP contribution in [0.2, 0.25) is 0 Å². The van der Waals surface area contributed by atoms with Crippen LogP contribution in [0.5, 0.6) is 0 Å². The zero-order chi connectivity index (χ0) is 12.1. The summed E-state index contributed by atoms with van der Waals surface area (Å²) in [5, 5.41) is 6.43. The first-order valence-electron chi connectivity index (χ1n) is 5.70. The van der Waals surface area contributed by atoms with Gasteiger partial charge >= 0.3 is 0 Å². The van der Waals surface area contributed by atoms with Crippen LogP contribution in [-0.4, -0.2) is 12.0 Å². The van der Waals surface area contributed by atoms with Crippen LogP contribution in [0.1, 0.15) is 11.1 Å². The first kappa shape index (κ1) is 11.5. The van der Waals surface area contributed by atoms with Gasteiger partial charge in [0.25, 0.3) is 0 Å². The minimum atomic E-state index is 0.816. The van der Waals surface area contributed by atoms with Gasteiger partial charge in [-0.05, 0) is 18.6 Å². The number of anilines is 2. The molecule has 0 saturated carbocycles. The molecule has 0 fully saturated rings. The Morgan fingerprint density at radius 1 is 1.12 bits per heavy atom. The van der Waals surface area contributed by atoms with E-state index in [-0.39, 0.29) is 0 Å². The molecule has 88 valence electrons. The lowest BCUT2D eigenvalue weighted by atomic mass is 10.1. The zero-order valence-corrected chi connectivity index (χ0v) is 10.2. The summed E-state index contributed by atoms with van der Waals surface area (Å²) in [7, 11) is 1.89. The van der Waals surface area contributed by atoms with E-state index in [1.807, 2.05) is 19.3 Å². The molecule has 17 heavy (non-hydrogen) atoms. The van der Waals surface area contributed by atoms with Crippen LogP contribution in [0.3, 0.4) is 0 Å². The van der Waals surface area contributed by atoms with Crippen LogP contribution in [0, 0.1) is 6.92 Å². The average molecular weight is 227 g/mol. The summed E-state index contributed by atoms with van der Waals surface area (Å²) >= 11 is 0. The fourth-order valence-corrected chi connectivity index (χ4v) is 1.70. The molecule has 3 heteroatoms. The van der Waals surface area contributed by atoms with E-state index < -0.39 is 0 Å². The Kier molecular flexibility index (Phi) is 3.60. The fraction of sp³-hybridized carbons (Fsp3) is 0.214. The van der Waals surface area contributed by atoms with Gasteiger partial charge in [-0.15, -0.1) is 0 Å². The van der Waals surface area contributed by atoms with Crippen molar-refractivity contribution in [1.29, 1.82) is 0 Å². The number of hydrogen-bond acceptors (Lipinski definition) is 3. The van der Waals surface area contributed by atoms with E-state index >= 15 is 0 Å². The predicted octanol–water partition coefficient (Wildman–Crippen LogP) is 3.04. The summed E-state index contributed by atoms with van der Waals surface area (Å²) in [6.07, 6.45) is 3.63. The standard InChI is InChI=1S/C14H17N3/c1-11-4-3-5-12(6-11)8-17-14-7-13(15-2)9-16-10-14/h3-7,9-10,15,17H,8H2,1-2H3. The summed E-state index contributed by atoms with van der Waals surface area (Å²) in [6, 6.07) is 10.5. The Morgan fingerprint density at radius 3 is 2.71 bits per heavy atom. The molecule has 1 aromatic heterocycles. The molecular weight excluding hydrogens is 210 g/mol. The molecule has 0 aliphatic rings. The van der Waals surface area contributed by atoms with Gasteiger partial charge in [-0.1, -0.05) is 29.8 Å².